The Hall–Kier alpha value is -1.82. The number of carbonyl (C=O) groups is 1. The average molecular weight is 357 g/mol. The lowest BCUT2D eigenvalue weighted by atomic mass is 10.2. The Labute approximate surface area is 153 Å². The third-order valence-corrected chi connectivity index (χ3v) is 5.49. The van der Waals surface area contributed by atoms with E-state index in [0.717, 1.165) is 32.0 Å². The summed E-state index contributed by atoms with van der Waals surface area (Å²) in [6, 6.07) is 14.6. The maximum absolute atomic E-state index is 12.2. The number of quaternary nitrogens is 1. The van der Waals surface area contributed by atoms with E-state index in [1.807, 2.05) is 12.1 Å². The highest BCUT2D eigenvalue weighted by atomic mass is 32.2. The van der Waals surface area contributed by atoms with E-state index in [9.17, 15) is 4.79 Å². The molecular formula is C20H25N2O2S+. The molecule has 1 aliphatic rings. The van der Waals surface area contributed by atoms with Crippen LogP contribution in [-0.4, -0.2) is 38.8 Å². The summed E-state index contributed by atoms with van der Waals surface area (Å²) in [6.45, 7) is 8.03. The largest absolute Gasteiger partial charge is 0.370 e. The van der Waals surface area contributed by atoms with Gasteiger partial charge in [-0.3, -0.25) is 4.79 Å². The van der Waals surface area contributed by atoms with Crippen molar-refractivity contribution in [2.45, 2.75) is 23.6 Å². The number of hydrogen-bond acceptors (Lipinski definition) is 3. The Morgan fingerprint density at radius 1 is 1.12 bits per heavy atom. The number of rotatable bonds is 5. The topological polar surface area (TPSA) is 42.8 Å². The quantitative estimate of drug-likeness (QED) is 0.863. The van der Waals surface area contributed by atoms with Crippen molar-refractivity contribution in [3.63, 3.8) is 0 Å². The Bertz CT molecular complexity index is 725. The third kappa shape index (κ3) is 5.33. The molecule has 1 heterocycles. The zero-order valence-electron chi connectivity index (χ0n) is 14.8. The van der Waals surface area contributed by atoms with Gasteiger partial charge in [-0.15, -0.1) is 0 Å². The summed E-state index contributed by atoms with van der Waals surface area (Å²) >= 11 is 1.75. The molecule has 0 bridgehead atoms. The maximum atomic E-state index is 12.2. The van der Waals surface area contributed by atoms with Crippen LogP contribution in [0.4, 0.5) is 5.69 Å². The normalized spacial score (nSPS) is 15.1. The molecular weight excluding hydrogens is 332 g/mol. The minimum Gasteiger partial charge on any atom is -0.370 e. The van der Waals surface area contributed by atoms with Crippen LogP contribution in [0.5, 0.6) is 0 Å². The van der Waals surface area contributed by atoms with E-state index in [1.54, 1.807) is 11.8 Å². The zero-order chi connectivity index (χ0) is 17.6. The average Bonchev–Trinajstić information content (AvgIpc) is 2.61. The Kier molecular flexibility index (Phi) is 6.13. The van der Waals surface area contributed by atoms with E-state index < -0.39 is 0 Å². The van der Waals surface area contributed by atoms with E-state index in [1.165, 1.54) is 25.8 Å². The molecule has 2 aromatic carbocycles. The lowest BCUT2D eigenvalue weighted by Crippen LogP contribution is -3.15. The van der Waals surface area contributed by atoms with Gasteiger partial charge < -0.3 is 15.0 Å². The highest BCUT2D eigenvalue weighted by Gasteiger charge is 2.17. The first-order chi connectivity index (χ1) is 12.1. The number of carbonyl (C=O) groups excluding carboxylic acids is 1. The van der Waals surface area contributed by atoms with Crippen molar-refractivity contribution in [3.05, 3.63) is 53.6 Å². The number of amides is 1. The molecule has 0 radical (unpaired) electrons. The lowest BCUT2D eigenvalue weighted by molar-refractivity contribution is -0.899. The smallest absolute Gasteiger partial charge is 0.279 e. The maximum Gasteiger partial charge on any atom is 0.279 e. The fourth-order valence-corrected chi connectivity index (χ4v) is 3.82. The van der Waals surface area contributed by atoms with Crippen LogP contribution in [-0.2, 0) is 9.53 Å². The number of morpholine rings is 1. The van der Waals surface area contributed by atoms with Crippen LogP contribution < -0.4 is 10.2 Å². The van der Waals surface area contributed by atoms with Crippen LogP contribution in [0, 0.1) is 13.8 Å². The Morgan fingerprint density at radius 2 is 1.84 bits per heavy atom. The number of anilines is 1. The van der Waals surface area contributed by atoms with Gasteiger partial charge in [0.25, 0.3) is 5.91 Å². The van der Waals surface area contributed by atoms with Crippen LogP contribution in [0.1, 0.15) is 11.1 Å². The van der Waals surface area contributed by atoms with E-state index >= 15 is 0 Å². The molecule has 4 nitrogen and oxygen atoms in total. The number of hydrogen-bond donors (Lipinski definition) is 2. The molecule has 0 spiro atoms. The number of benzene rings is 2. The first-order valence-electron chi connectivity index (χ1n) is 8.66. The van der Waals surface area contributed by atoms with Gasteiger partial charge >= 0.3 is 0 Å². The van der Waals surface area contributed by atoms with Gasteiger partial charge in [-0.25, -0.2) is 0 Å². The molecule has 0 aliphatic carbocycles. The van der Waals surface area contributed by atoms with Crippen LogP contribution in [0.25, 0.3) is 0 Å². The van der Waals surface area contributed by atoms with Crippen LogP contribution in [0.15, 0.2) is 52.3 Å². The SMILES string of the molecule is Cc1ccc(C)c(Sc2ccc(NC(=O)C[NH+]3CCOCC3)cc2)c1. The van der Waals surface area contributed by atoms with Crippen LogP contribution in [0.2, 0.25) is 0 Å². The summed E-state index contributed by atoms with van der Waals surface area (Å²) < 4.78 is 5.32. The van der Waals surface area contributed by atoms with Crippen LogP contribution >= 0.6 is 11.8 Å². The predicted molar refractivity (Wildman–Crippen MR) is 101 cm³/mol. The van der Waals surface area contributed by atoms with Crippen molar-refractivity contribution < 1.29 is 14.4 Å². The van der Waals surface area contributed by atoms with E-state index in [-0.39, 0.29) is 5.91 Å². The van der Waals surface area contributed by atoms with Gasteiger partial charge in [-0.1, -0.05) is 23.9 Å². The van der Waals surface area contributed by atoms with Crippen LogP contribution in [0.3, 0.4) is 0 Å². The van der Waals surface area contributed by atoms with Gasteiger partial charge in [0.1, 0.15) is 13.1 Å². The Morgan fingerprint density at radius 3 is 2.56 bits per heavy atom. The van der Waals surface area contributed by atoms with E-state index in [0.29, 0.717) is 6.54 Å². The highest BCUT2D eigenvalue weighted by Crippen LogP contribution is 2.31. The lowest BCUT2D eigenvalue weighted by Gasteiger charge is -2.23. The molecule has 0 atom stereocenters. The first-order valence-corrected chi connectivity index (χ1v) is 9.48. The molecule has 2 N–H and O–H groups in total. The minimum absolute atomic E-state index is 0.0619. The molecule has 3 rings (SSSR count). The number of aryl methyl sites for hydroxylation is 2. The van der Waals surface area contributed by atoms with E-state index in [2.05, 4.69) is 49.5 Å². The van der Waals surface area contributed by atoms with Crippen molar-refractivity contribution in [2.75, 3.05) is 38.2 Å². The summed E-state index contributed by atoms with van der Waals surface area (Å²) in [4.78, 5) is 15.9. The second-order valence-corrected chi connectivity index (χ2v) is 7.60. The summed E-state index contributed by atoms with van der Waals surface area (Å²) in [5.41, 5.74) is 3.40. The first kappa shape index (κ1) is 18.0. The summed E-state index contributed by atoms with van der Waals surface area (Å²) in [6.07, 6.45) is 0. The standard InChI is InChI=1S/C20H24N2O2S/c1-15-3-4-16(2)19(13-15)25-18-7-5-17(6-8-18)21-20(23)14-22-9-11-24-12-10-22/h3-8,13H,9-12,14H2,1-2H3,(H,21,23)/p+1. The second kappa shape index (κ2) is 8.52. The van der Waals surface area contributed by atoms with Gasteiger partial charge in [-0.05, 0) is 55.3 Å². The van der Waals surface area contributed by atoms with Gasteiger partial charge in [-0.2, -0.15) is 0 Å². The molecule has 1 fully saturated rings. The predicted octanol–water partition coefficient (Wildman–Crippen LogP) is 2.31. The van der Waals surface area contributed by atoms with Crippen molar-refractivity contribution in [3.8, 4) is 0 Å². The van der Waals surface area contributed by atoms with Gasteiger partial charge in [0.2, 0.25) is 0 Å². The number of nitrogens with one attached hydrogen (secondary N) is 2. The van der Waals surface area contributed by atoms with Crippen molar-refractivity contribution in [2.24, 2.45) is 0 Å². The molecule has 1 amide bonds. The van der Waals surface area contributed by atoms with Gasteiger partial charge in [0, 0.05) is 15.5 Å². The molecule has 5 heteroatoms. The molecule has 25 heavy (non-hydrogen) atoms. The minimum atomic E-state index is 0.0619. The van der Waals surface area contributed by atoms with Gasteiger partial charge in [0.15, 0.2) is 6.54 Å². The number of ether oxygens (including phenoxy) is 1. The highest BCUT2D eigenvalue weighted by molar-refractivity contribution is 7.99. The Balaban J connectivity index is 1.56. The zero-order valence-corrected chi connectivity index (χ0v) is 15.6. The molecule has 2 aromatic rings. The third-order valence-electron chi connectivity index (χ3n) is 4.32. The van der Waals surface area contributed by atoms with E-state index in [4.69, 9.17) is 4.74 Å². The summed E-state index contributed by atoms with van der Waals surface area (Å²) in [7, 11) is 0. The van der Waals surface area contributed by atoms with Crippen molar-refractivity contribution in [1.82, 2.24) is 0 Å². The molecule has 0 unspecified atom stereocenters. The van der Waals surface area contributed by atoms with Crippen molar-refractivity contribution in [1.29, 1.82) is 0 Å². The fraction of sp³-hybridized carbons (Fsp3) is 0.350. The fourth-order valence-electron chi connectivity index (χ4n) is 2.82. The summed E-state index contributed by atoms with van der Waals surface area (Å²) in [5, 5.41) is 2.99. The molecule has 132 valence electrons. The van der Waals surface area contributed by atoms with Gasteiger partial charge in [0.05, 0.1) is 13.2 Å². The second-order valence-electron chi connectivity index (χ2n) is 6.48. The molecule has 1 aliphatic heterocycles. The summed E-state index contributed by atoms with van der Waals surface area (Å²) in [5.74, 6) is 0.0619. The monoisotopic (exact) mass is 357 g/mol. The van der Waals surface area contributed by atoms with Crippen molar-refractivity contribution >= 4 is 23.4 Å². The molecule has 1 saturated heterocycles. The molecule has 0 aromatic heterocycles. The molecule has 0 saturated carbocycles.